The minimum Gasteiger partial charge on any atom is -0.370 e. The van der Waals surface area contributed by atoms with Crippen LogP contribution in [-0.4, -0.2) is 35.5 Å². The Morgan fingerprint density at radius 3 is 2.70 bits per heavy atom. The van der Waals surface area contributed by atoms with E-state index < -0.39 is 0 Å². The monoisotopic (exact) mass is 330 g/mol. The van der Waals surface area contributed by atoms with Crippen molar-refractivity contribution in [1.82, 2.24) is 9.88 Å². The molecule has 1 aromatic carbocycles. The van der Waals surface area contributed by atoms with E-state index in [1.165, 1.54) is 0 Å². The summed E-state index contributed by atoms with van der Waals surface area (Å²) in [6.07, 6.45) is 4.67. The molecule has 1 aliphatic rings. The molecule has 1 aromatic heterocycles. The van der Waals surface area contributed by atoms with Gasteiger partial charge in [0.15, 0.2) is 0 Å². The molecule has 0 aliphatic carbocycles. The van der Waals surface area contributed by atoms with Gasteiger partial charge >= 0.3 is 0 Å². The molecule has 3 rings (SSSR count). The third kappa shape index (κ3) is 4.30. The van der Waals surface area contributed by atoms with Gasteiger partial charge in [-0.1, -0.05) is 23.7 Å². The maximum atomic E-state index is 12.4. The predicted molar refractivity (Wildman–Crippen MR) is 89.3 cm³/mol. The van der Waals surface area contributed by atoms with Gasteiger partial charge in [-0.2, -0.15) is 0 Å². The lowest BCUT2D eigenvalue weighted by Crippen LogP contribution is -2.42. The molecule has 2 aromatic rings. The fraction of sp³-hybridized carbons (Fsp3) is 0.333. The van der Waals surface area contributed by atoms with Crippen LogP contribution in [0.1, 0.15) is 23.7 Å². The Bertz CT molecular complexity index is 646. The zero-order chi connectivity index (χ0) is 16.1. The maximum absolute atomic E-state index is 12.4. The van der Waals surface area contributed by atoms with Crippen LogP contribution in [0, 0.1) is 0 Å². The number of pyridine rings is 1. The van der Waals surface area contributed by atoms with Crippen molar-refractivity contribution in [2.24, 2.45) is 0 Å². The van der Waals surface area contributed by atoms with Gasteiger partial charge < -0.3 is 9.64 Å². The summed E-state index contributed by atoms with van der Waals surface area (Å²) in [4.78, 5) is 18.4. The van der Waals surface area contributed by atoms with Gasteiger partial charge in [-0.15, -0.1) is 0 Å². The Morgan fingerprint density at radius 1 is 1.22 bits per heavy atom. The third-order valence-corrected chi connectivity index (χ3v) is 4.29. The fourth-order valence-corrected chi connectivity index (χ4v) is 2.84. The number of carbonyl (C=O) groups excluding carboxylic acids is 1. The lowest BCUT2D eigenvalue weighted by atomic mass is 10.1. The molecule has 0 saturated carbocycles. The van der Waals surface area contributed by atoms with E-state index in [2.05, 4.69) is 4.98 Å². The molecule has 0 N–H and O–H groups in total. The van der Waals surface area contributed by atoms with E-state index in [-0.39, 0.29) is 12.0 Å². The molecule has 1 amide bonds. The lowest BCUT2D eigenvalue weighted by molar-refractivity contribution is -0.139. The Hall–Kier alpha value is -1.91. The smallest absolute Gasteiger partial charge is 0.223 e. The van der Waals surface area contributed by atoms with Gasteiger partial charge in [-0.3, -0.25) is 9.78 Å². The van der Waals surface area contributed by atoms with Crippen molar-refractivity contribution in [2.45, 2.75) is 18.9 Å². The first kappa shape index (κ1) is 16.0. The number of hydrogen-bond donors (Lipinski definition) is 0. The Labute approximate surface area is 141 Å². The summed E-state index contributed by atoms with van der Waals surface area (Å²) in [5.74, 6) is 0.169. The van der Waals surface area contributed by atoms with Crippen molar-refractivity contribution in [1.29, 1.82) is 0 Å². The van der Waals surface area contributed by atoms with Gasteiger partial charge in [0.25, 0.3) is 0 Å². The number of ether oxygens (including phenoxy) is 1. The number of aromatic nitrogens is 1. The van der Waals surface area contributed by atoms with E-state index in [4.69, 9.17) is 16.3 Å². The highest BCUT2D eigenvalue weighted by Gasteiger charge is 2.25. The lowest BCUT2D eigenvalue weighted by Gasteiger charge is -2.33. The summed E-state index contributed by atoms with van der Waals surface area (Å²) in [7, 11) is 0. The minimum absolute atomic E-state index is 0.0637. The van der Waals surface area contributed by atoms with Crippen LogP contribution in [0.3, 0.4) is 0 Å². The van der Waals surface area contributed by atoms with Crippen LogP contribution < -0.4 is 0 Å². The zero-order valence-electron chi connectivity index (χ0n) is 12.8. The second-order valence-corrected chi connectivity index (χ2v) is 6.04. The molecule has 23 heavy (non-hydrogen) atoms. The molecule has 0 spiro atoms. The summed E-state index contributed by atoms with van der Waals surface area (Å²) < 4.78 is 5.78. The van der Waals surface area contributed by atoms with Crippen LogP contribution in [0.25, 0.3) is 0 Å². The van der Waals surface area contributed by atoms with Gasteiger partial charge in [0.1, 0.15) is 6.10 Å². The SMILES string of the molecule is O=C(CCc1ccc(Cl)cc1)N1CCO[C@H](c2ccncc2)C1. The highest BCUT2D eigenvalue weighted by atomic mass is 35.5. The quantitative estimate of drug-likeness (QED) is 0.864. The standard InChI is InChI=1S/C18H19ClN2O2/c19-16-4-1-14(2-5-16)3-6-18(22)21-11-12-23-17(13-21)15-7-9-20-10-8-15/h1-2,4-5,7-10,17H,3,6,11-13H2/t17-/m0/s1. The fourth-order valence-electron chi connectivity index (χ4n) is 2.72. The Morgan fingerprint density at radius 2 is 1.96 bits per heavy atom. The normalized spacial score (nSPS) is 18.0. The topological polar surface area (TPSA) is 42.4 Å². The molecule has 5 heteroatoms. The van der Waals surface area contributed by atoms with Gasteiger partial charge in [0.2, 0.25) is 5.91 Å². The van der Waals surface area contributed by atoms with Gasteiger partial charge in [0, 0.05) is 30.4 Å². The molecule has 4 nitrogen and oxygen atoms in total. The zero-order valence-corrected chi connectivity index (χ0v) is 13.6. The third-order valence-electron chi connectivity index (χ3n) is 4.04. The Balaban J connectivity index is 1.55. The number of amides is 1. The minimum atomic E-state index is -0.0637. The van der Waals surface area contributed by atoms with Crippen LogP contribution in [0.4, 0.5) is 0 Å². The number of hydrogen-bond acceptors (Lipinski definition) is 3. The van der Waals surface area contributed by atoms with E-state index in [9.17, 15) is 4.79 Å². The number of aryl methyl sites for hydroxylation is 1. The first-order valence-electron chi connectivity index (χ1n) is 7.76. The summed E-state index contributed by atoms with van der Waals surface area (Å²) >= 11 is 5.88. The van der Waals surface area contributed by atoms with Crippen LogP contribution >= 0.6 is 11.6 Å². The molecule has 1 atom stereocenters. The molecule has 1 saturated heterocycles. The van der Waals surface area contributed by atoms with E-state index in [1.807, 2.05) is 41.3 Å². The van der Waals surface area contributed by atoms with Crippen molar-refractivity contribution in [3.05, 3.63) is 64.9 Å². The second-order valence-electron chi connectivity index (χ2n) is 5.61. The predicted octanol–water partition coefficient (Wildman–Crippen LogP) is 3.27. The van der Waals surface area contributed by atoms with E-state index in [0.29, 0.717) is 31.1 Å². The average molecular weight is 331 g/mol. The van der Waals surface area contributed by atoms with Gasteiger partial charge in [0.05, 0.1) is 13.2 Å². The second kappa shape index (κ2) is 7.57. The van der Waals surface area contributed by atoms with Crippen molar-refractivity contribution in [3.63, 3.8) is 0 Å². The molecule has 2 heterocycles. The van der Waals surface area contributed by atoms with Crippen LogP contribution in [0.15, 0.2) is 48.8 Å². The number of rotatable bonds is 4. The first-order chi connectivity index (χ1) is 11.2. The highest BCUT2D eigenvalue weighted by Crippen LogP contribution is 2.22. The largest absolute Gasteiger partial charge is 0.370 e. The van der Waals surface area contributed by atoms with E-state index in [0.717, 1.165) is 17.5 Å². The number of carbonyl (C=O) groups is 1. The molecule has 1 fully saturated rings. The van der Waals surface area contributed by atoms with Crippen molar-refractivity contribution >= 4 is 17.5 Å². The summed E-state index contributed by atoms with van der Waals surface area (Å²) in [6.45, 7) is 1.82. The van der Waals surface area contributed by atoms with Gasteiger partial charge in [-0.05, 0) is 41.8 Å². The van der Waals surface area contributed by atoms with Crippen LogP contribution in [0.2, 0.25) is 5.02 Å². The van der Waals surface area contributed by atoms with E-state index >= 15 is 0 Å². The number of halogens is 1. The van der Waals surface area contributed by atoms with Crippen molar-refractivity contribution in [2.75, 3.05) is 19.7 Å². The van der Waals surface area contributed by atoms with Gasteiger partial charge in [-0.25, -0.2) is 0 Å². The first-order valence-corrected chi connectivity index (χ1v) is 8.14. The molecule has 0 radical (unpaired) electrons. The van der Waals surface area contributed by atoms with Crippen molar-refractivity contribution in [3.8, 4) is 0 Å². The molecule has 1 aliphatic heterocycles. The summed E-state index contributed by atoms with van der Waals surface area (Å²) in [5.41, 5.74) is 2.19. The molecule has 0 unspecified atom stereocenters. The molecular formula is C18H19ClN2O2. The number of morpholine rings is 1. The molecular weight excluding hydrogens is 312 g/mol. The maximum Gasteiger partial charge on any atom is 0.223 e. The number of nitrogens with zero attached hydrogens (tertiary/aromatic N) is 2. The van der Waals surface area contributed by atoms with Crippen LogP contribution in [0.5, 0.6) is 0 Å². The number of benzene rings is 1. The van der Waals surface area contributed by atoms with E-state index in [1.54, 1.807) is 12.4 Å². The summed E-state index contributed by atoms with van der Waals surface area (Å²) in [6, 6.07) is 11.5. The van der Waals surface area contributed by atoms with Crippen LogP contribution in [-0.2, 0) is 16.0 Å². The summed E-state index contributed by atoms with van der Waals surface area (Å²) in [5, 5.41) is 0.716. The highest BCUT2D eigenvalue weighted by molar-refractivity contribution is 6.30. The van der Waals surface area contributed by atoms with Crippen molar-refractivity contribution < 1.29 is 9.53 Å². The molecule has 0 bridgehead atoms. The average Bonchev–Trinajstić information content (AvgIpc) is 2.62. The Kier molecular flexibility index (Phi) is 5.26. The molecule has 120 valence electrons.